The lowest BCUT2D eigenvalue weighted by molar-refractivity contribution is 0.0557. The second-order valence-corrected chi connectivity index (χ2v) is 11.6. The van der Waals surface area contributed by atoms with Gasteiger partial charge in [0.25, 0.3) is 5.56 Å². The van der Waals surface area contributed by atoms with E-state index in [2.05, 4.69) is 10.1 Å². The summed E-state index contributed by atoms with van der Waals surface area (Å²) in [4.78, 5) is 16.7. The Kier molecular flexibility index (Phi) is 8.71. The summed E-state index contributed by atoms with van der Waals surface area (Å²) in [6.07, 6.45) is 1.47. The van der Waals surface area contributed by atoms with Gasteiger partial charge < -0.3 is 14.6 Å². The largest absolute Gasteiger partial charge is 0.492 e. The predicted molar refractivity (Wildman–Crippen MR) is 145 cm³/mol. The van der Waals surface area contributed by atoms with Crippen LogP contribution >= 0.6 is 0 Å². The van der Waals surface area contributed by atoms with E-state index < -0.39 is 43.8 Å². The number of aromatic nitrogens is 4. The van der Waals surface area contributed by atoms with Gasteiger partial charge in [0.2, 0.25) is 15.7 Å². The third-order valence-electron chi connectivity index (χ3n) is 6.34. The lowest BCUT2D eigenvalue weighted by Crippen LogP contribution is -2.35. The summed E-state index contributed by atoms with van der Waals surface area (Å²) in [5.74, 6) is -2.99. The van der Waals surface area contributed by atoms with Crippen LogP contribution in [0.2, 0.25) is 0 Å². The molecule has 2 heterocycles. The zero-order chi connectivity index (χ0) is 30.1. The van der Waals surface area contributed by atoms with Crippen LogP contribution < -0.4 is 5.56 Å². The molecule has 1 atom stereocenters. The Morgan fingerprint density at radius 1 is 1.07 bits per heavy atom. The van der Waals surface area contributed by atoms with Crippen molar-refractivity contribution in [2.75, 3.05) is 13.7 Å². The Labute approximate surface area is 235 Å². The van der Waals surface area contributed by atoms with E-state index in [-0.39, 0.29) is 35.6 Å². The first-order chi connectivity index (χ1) is 19.3. The molecule has 0 aliphatic carbocycles. The number of sulfone groups is 1. The first-order valence-electron chi connectivity index (χ1n) is 12.6. The van der Waals surface area contributed by atoms with Crippen LogP contribution in [0.4, 0.5) is 8.78 Å². The van der Waals surface area contributed by atoms with Gasteiger partial charge in [-0.1, -0.05) is 12.1 Å². The molecule has 0 fully saturated rings. The van der Waals surface area contributed by atoms with E-state index >= 15 is 0 Å². The van der Waals surface area contributed by atoms with Crippen molar-refractivity contribution in [1.82, 2.24) is 19.3 Å². The fourth-order valence-electron chi connectivity index (χ4n) is 4.51. The summed E-state index contributed by atoms with van der Waals surface area (Å²) < 4.78 is 69.2. The van der Waals surface area contributed by atoms with E-state index in [1.165, 1.54) is 19.2 Å². The van der Waals surface area contributed by atoms with E-state index in [4.69, 9.17) is 9.47 Å². The molecule has 2 aromatic heterocycles. The molecule has 0 aliphatic heterocycles. The maximum absolute atomic E-state index is 14.2. The summed E-state index contributed by atoms with van der Waals surface area (Å²) >= 11 is 0. The van der Waals surface area contributed by atoms with Gasteiger partial charge in [0, 0.05) is 32.0 Å². The first-order valence-corrected chi connectivity index (χ1v) is 14.1. The lowest BCUT2D eigenvalue weighted by atomic mass is 10.1. The minimum atomic E-state index is -4.62. The van der Waals surface area contributed by atoms with Crippen molar-refractivity contribution in [3.63, 3.8) is 0 Å². The van der Waals surface area contributed by atoms with Gasteiger partial charge in [-0.2, -0.15) is 10.1 Å². The molecule has 218 valence electrons. The average molecular weight is 589 g/mol. The fraction of sp³-hybridized carbons (Fsp3) is 0.321. The summed E-state index contributed by atoms with van der Waals surface area (Å²) in [6, 6.07) is 7.22. The molecule has 1 N–H and O–H groups in total. The van der Waals surface area contributed by atoms with Gasteiger partial charge in [-0.05, 0) is 56.2 Å². The van der Waals surface area contributed by atoms with Crippen molar-refractivity contribution in [1.29, 1.82) is 0 Å². The minimum absolute atomic E-state index is 0.00993. The first kappa shape index (κ1) is 30.0. The fourth-order valence-corrected chi connectivity index (χ4v) is 5.85. The molecule has 4 rings (SSSR count). The number of ether oxygens (including phenoxy) is 2. The number of benzene rings is 2. The molecule has 10 nitrogen and oxygen atoms in total. The van der Waals surface area contributed by atoms with Gasteiger partial charge in [0.1, 0.15) is 24.1 Å². The number of methoxy groups -OCH3 is 1. The van der Waals surface area contributed by atoms with Crippen LogP contribution in [-0.2, 0) is 33.0 Å². The number of rotatable bonds is 10. The van der Waals surface area contributed by atoms with Crippen LogP contribution in [0.5, 0.6) is 5.88 Å². The van der Waals surface area contributed by atoms with Crippen LogP contribution in [0, 0.1) is 18.6 Å². The van der Waals surface area contributed by atoms with Gasteiger partial charge in [0.15, 0.2) is 4.90 Å². The lowest BCUT2D eigenvalue weighted by Gasteiger charge is -2.24. The van der Waals surface area contributed by atoms with Crippen molar-refractivity contribution in [2.24, 2.45) is 7.05 Å². The molecular formula is C28H30F2N4O6S. The number of hydrogen-bond acceptors (Lipinski definition) is 8. The maximum atomic E-state index is 14.2. The Balaban J connectivity index is 1.90. The molecule has 13 heteroatoms. The van der Waals surface area contributed by atoms with Crippen molar-refractivity contribution in [2.45, 2.75) is 49.3 Å². The predicted octanol–water partition coefficient (Wildman–Crippen LogP) is 3.93. The SMILES string of the molecule is COC[C@@H](c1cc(F)cc(F)c1)n1c(COC(C)C)nc(O)c(S(=O)(=O)c2ccc(-c3cn(C)nc3C)cc2)c1=O. The molecule has 0 amide bonds. The Morgan fingerprint density at radius 2 is 1.71 bits per heavy atom. The van der Waals surface area contributed by atoms with E-state index in [0.717, 1.165) is 28.0 Å². The van der Waals surface area contributed by atoms with Crippen LogP contribution in [0.3, 0.4) is 0 Å². The molecule has 0 aliphatic rings. The number of aromatic hydroxyl groups is 1. The standard InChI is InChI=1S/C28H30F2N4O6S/c1-16(2)40-15-25-31-27(35)26(28(36)34(25)24(14-39-5)19-10-20(29)12-21(30)11-19)41(37,38)22-8-6-18(7-9-22)23-13-33(4)32-17(23)3/h6-13,16,24,35H,14-15H2,1-5H3/t24-/m0/s1. The molecule has 4 aromatic rings. The number of hydrogen-bond donors (Lipinski definition) is 1. The Bertz CT molecular complexity index is 1710. The summed E-state index contributed by atoms with van der Waals surface area (Å²) in [7, 11) is -1.54. The van der Waals surface area contributed by atoms with Crippen molar-refractivity contribution in [3.8, 4) is 17.0 Å². The molecule has 0 saturated carbocycles. The number of halogens is 2. The summed E-state index contributed by atoms with van der Waals surface area (Å²) in [6.45, 7) is 4.69. The van der Waals surface area contributed by atoms with Crippen molar-refractivity contribution < 1.29 is 31.8 Å². The normalized spacial score (nSPS) is 12.7. The highest BCUT2D eigenvalue weighted by molar-refractivity contribution is 7.91. The Hall–Kier alpha value is -3.94. The zero-order valence-corrected chi connectivity index (χ0v) is 23.9. The van der Waals surface area contributed by atoms with Gasteiger partial charge in [-0.15, -0.1) is 0 Å². The molecule has 0 radical (unpaired) electrons. The second kappa shape index (κ2) is 11.9. The van der Waals surface area contributed by atoms with E-state index in [9.17, 15) is 27.1 Å². The zero-order valence-electron chi connectivity index (χ0n) is 23.1. The van der Waals surface area contributed by atoms with Crippen molar-refractivity contribution >= 4 is 9.84 Å². The highest BCUT2D eigenvalue weighted by Crippen LogP contribution is 2.30. The maximum Gasteiger partial charge on any atom is 0.277 e. The molecule has 0 spiro atoms. The molecule has 2 aromatic carbocycles. The molecule has 41 heavy (non-hydrogen) atoms. The average Bonchev–Trinajstić information content (AvgIpc) is 3.23. The van der Waals surface area contributed by atoms with Gasteiger partial charge in [-0.3, -0.25) is 14.0 Å². The number of aryl methyl sites for hydroxylation is 2. The topological polar surface area (TPSA) is 126 Å². The third-order valence-corrected chi connectivity index (χ3v) is 8.13. The van der Waals surface area contributed by atoms with Crippen LogP contribution in [0.15, 0.2) is 63.2 Å². The van der Waals surface area contributed by atoms with E-state index in [0.29, 0.717) is 11.6 Å². The molecular weight excluding hydrogens is 558 g/mol. The Morgan fingerprint density at radius 3 is 2.24 bits per heavy atom. The monoisotopic (exact) mass is 588 g/mol. The third kappa shape index (κ3) is 6.21. The van der Waals surface area contributed by atoms with Crippen LogP contribution in [0.1, 0.15) is 37.0 Å². The molecule has 0 unspecified atom stereocenters. The van der Waals surface area contributed by atoms with Gasteiger partial charge >= 0.3 is 0 Å². The minimum Gasteiger partial charge on any atom is -0.492 e. The highest BCUT2D eigenvalue weighted by Gasteiger charge is 2.32. The van der Waals surface area contributed by atoms with E-state index in [1.54, 1.807) is 43.9 Å². The molecule has 0 saturated heterocycles. The number of nitrogens with zero attached hydrogens (tertiary/aromatic N) is 4. The molecule has 0 bridgehead atoms. The summed E-state index contributed by atoms with van der Waals surface area (Å²) in [5.41, 5.74) is 1.07. The second-order valence-electron chi connectivity index (χ2n) is 9.72. The van der Waals surface area contributed by atoms with Crippen LogP contribution in [-0.4, -0.2) is 52.7 Å². The van der Waals surface area contributed by atoms with E-state index in [1.807, 2.05) is 6.92 Å². The highest BCUT2D eigenvalue weighted by atomic mass is 32.2. The van der Waals surface area contributed by atoms with Crippen molar-refractivity contribution in [3.05, 3.63) is 87.7 Å². The van der Waals surface area contributed by atoms with Gasteiger partial charge in [0.05, 0.1) is 29.3 Å². The van der Waals surface area contributed by atoms with Crippen LogP contribution in [0.25, 0.3) is 11.1 Å². The quantitative estimate of drug-likeness (QED) is 0.296. The smallest absolute Gasteiger partial charge is 0.277 e. The summed E-state index contributed by atoms with van der Waals surface area (Å²) in [5, 5.41) is 15.1. The van der Waals surface area contributed by atoms with Gasteiger partial charge in [-0.25, -0.2) is 17.2 Å².